The minimum Gasteiger partial charge on any atom is -0.490 e. The molecule has 0 radical (unpaired) electrons. The highest BCUT2D eigenvalue weighted by Gasteiger charge is 2.16. The Bertz CT molecular complexity index is 541. The molecule has 0 fully saturated rings. The Kier molecular flexibility index (Phi) is 4.14. The van der Waals surface area contributed by atoms with E-state index in [0.717, 1.165) is 17.1 Å². The molecular formula is C11H13BrO5S. The van der Waals surface area contributed by atoms with Crippen LogP contribution in [-0.4, -0.2) is 27.9 Å². The standard InChI is InChI=1S/C11H13BrO5S/c1-18(13,14)17-7-8-5-9(12)11-10(6-8)15-3-2-4-16-11/h5-6H,2-4,7H2,1H3. The summed E-state index contributed by atoms with van der Waals surface area (Å²) in [4.78, 5) is 0. The lowest BCUT2D eigenvalue weighted by atomic mass is 10.2. The van der Waals surface area contributed by atoms with Crippen molar-refractivity contribution in [2.24, 2.45) is 0 Å². The van der Waals surface area contributed by atoms with Crippen LogP contribution in [0.25, 0.3) is 0 Å². The molecule has 0 unspecified atom stereocenters. The summed E-state index contributed by atoms with van der Waals surface area (Å²) in [5, 5.41) is 0. The summed E-state index contributed by atoms with van der Waals surface area (Å²) in [6.07, 6.45) is 1.83. The molecule has 0 saturated carbocycles. The highest BCUT2D eigenvalue weighted by Crippen LogP contribution is 2.38. The Morgan fingerprint density at radius 1 is 1.33 bits per heavy atom. The van der Waals surface area contributed by atoms with Crippen molar-refractivity contribution in [3.8, 4) is 11.5 Å². The minimum atomic E-state index is -3.45. The fourth-order valence-corrected chi connectivity index (χ4v) is 2.50. The number of benzene rings is 1. The first kappa shape index (κ1) is 13.6. The van der Waals surface area contributed by atoms with Crippen LogP contribution in [0.2, 0.25) is 0 Å². The average molecular weight is 337 g/mol. The maximum absolute atomic E-state index is 10.9. The number of hydrogen-bond acceptors (Lipinski definition) is 5. The van der Waals surface area contributed by atoms with Crippen molar-refractivity contribution in [1.29, 1.82) is 0 Å². The number of fused-ring (bicyclic) bond motifs is 1. The molecule has 0 aliphatic carbocycles. The normalized spacial score (nSPS) is 15.2. The number of rotatable bonds is 3. The molecule has 1 aromatic rings. The largest absolute Gasteiger partial charge is 0.490 e. The van der Waals surface area contributed by atoms with E-state index in [-0.39, 0.29) is 6.61 Å². The third-order valence-corrected chi connectivity index (χ3v) is 3.44. The van der Waals surface area contributed by atoms with Gasteiger partial charge in [-0.2, -0.15) is 8.42 Å². The molecule has 1 aliphatic heterocycles. The van der Waals surface area contributed by atoms with Gasteiger partial charge in [-0.3, -0.25) is 4.18 Å². The van der Waals surface area contributed by atoms with Crippen LogP contribution in [0.4, 0.5) is 0 Å². The third kappa shape index (κ3) is 3.60. The third-order valence-electron chi connectivity index (χ3n) is 2.30. The molecule has 1 aliphatic rings. The van der Waals surface area contributed by atoms with E-state index in [1.54, 1.807) is 12.1 Å². The number of ether oxygens (including phenoxy) is 2. The highest BCUT2D eigenvalue weighted by atomic mass is 79.9. The summed E-state index contributed by atoms with van der Waals surface area (Å²) in [5.41, 5.74) is 0.705. The van der Waals surface area contributed by atoms with Crippen molar-refractivity contribution >= 4 is 26.0 Å². The second-order valence-electron chi connectivity index (χ2n) is 3.92. The zero-order chi connectivity index (χ0) is 13.2. The molecule has 7 heteroatoms. The molecule has 0 aromatic heterocycles. The van der Waals surface area contributed by atoms with Crippen LogP contribution in [-0.2, 0) is 20.9 Å². The molecule has 1 aromatic carbocycles. The van der Waals surface area contributed by atoms with Crippen LogP contribution in [0.15, 0.2) is 16.6 Å². The van der Waals surface area contributed by atoms with Crippen molar-refractivity contribution in [3.63, 3.8) is 0 Å². The maximum atomic E-state index is 10.9. The van der Waals surface area contributed by atoms with Crippen LogP contribution < -0.4 is 9.47 Å². The van der Waals surface area contributed by atoms with Gasteiger partial charge in [-0.25, -0.2) is 0 Å². The summed E-state index contributed by atoms with van der Waals surface area (Å²) >= 11 is 3.38. The smallest absolute Gasteiger partial charge is 0.264 e. The lowest BCUT2D eigenvalue weighted by Gasteiger charge is -2.11. The van der Waals surface area contributed by atoms with E-state index in [4.69, 9.17) is 13.7 Å². The van der Waals surface area contributed by atoms with Crippen LogP contribution >= 0.6 is 15.9 Å². The number of halogens is 1. The van der Waals surface area contributed by atoms with Crippen LogP contribution in [0.5, 0.6) is 11.5 Å². The van der Waals surface area contributed by atoms with E-state index in [1.807, 2.05) is 0 Å². The van der Waals surface area contributed by atoms with Gasteiger partial charge in [0.1, 0.15) is 0 Å². The molecule has 0 N–H and O–H groups in total. The van der Waals surface area contributed by atoms with Gasteiger partial charge >= 0.3 is 0 Å². The van der Waals surface area contributed by atoms with E-state index in [0.29, 0.717) is 30.3 Å². The van der Waals surface area contributed by atoms with Crippen molar-refractivity contribution in [1.82, 2.24) is 0 Å². The molecule has 2 rings (SSSR count). The van der Waals surface area contributed by atoms with E-state index in [2.05, 4.69) is 15.9 Å². The van der Waals surface area contributed by atoms with Gasteiger partial charge in [-0.05, 0) is 33.6 Å². The SMILES string of the molecule is CS(=O)(=O)OCc1cc(Br)c2c(c1)OCCCO2. The molecule has 0 bridgehead atoms. The second kappa shape index (κ2) is 5.46. The van der Waals surface area contributed by atoms with Gasteiger partial charge in [0.15, 0.2) is 11.5 Å². The second-order valence-corrected chi connectivity index (χ2v) is 6.42. The molecule has 0 amide bonds. The molecule has 100 valence electrons. The Balaban J connectivity index is 2.23. The van der Waals surface area contributed by atoms with Crippen LogP contribution in [0.1, 0.15) is 12.0 Å². The van der Waals surface area contributed by atoms with Crippen LogP contribution in [0.3, 0.4) is 0 Å². The van der Waals surface area contributed by atoms with Crippen molar-refractivity contribution in [3.05, 3.63) is 22.2 Å². The van der Waals surface area contributed by atoms with E-state index < -0.39 is 10.1 Å². The van der Waals surface area contributed by atoms with Gasteiger partial charge in [0.25, 0.3) is 10.1 Å². The Morgan fingerprint density at radius 2 is 2.06 bits per heavy atom. The Hall–Kier alpha value is -0.790. The monoisotopic (exact) mass is 336 g/mol. The van der Waals surface area contributed by atoms with Gasteiger partial charge in [0, 0.05) is 6.42 Å². The molecule has 0 atom stereocenters. The molecular weight excluding hydrogens is 324 g/mol. The van der Waals surface area contributed by atoms with Crippen molar-refractivity contribution in [2.45, 2.75) is 13.0 Å². The Morgan fingerprint density at radius 3 is 2.78 bits per heavy atom. The summed E-state index contributed by atoms with van der Waals surface area (Å²) in [6.45, 7) is 1.16. The molecule has 0 spiro atoms. The topological polar surface area (TPSA) is 61.8 Å². The van der Waals surface area contributed by atoms with Gasteiger partial charge in [-0.1, -0.05) is 0 Å². The van der Waals surface area contributed by atoms with E-state index >= 15 is 0 Å². The lowest BCUT2D eigenvalue weighted by molar-refractivity contribution is 0.295. The number of hydrogen-bond donors (Lipinski definition) is 0. The zero-order valence-corrected chi connectivity index (χ0v) is 12.2. The molecule has 18 heavy (non-hydrogen) atoms. The summed E-state index contributed by atoms with van der Waals surface area (Å²) in [7, 11) is -3.45. The maximum Gasteiger partial charge on any atom is 0.264 e. The van der Waals surface area contributed by atoms with Gasteiger partial charge < -0.3 is 9.47 Å². The van der Waals surface area contributed by atoms with Crippen molar-refractivity contribution < 1.29 is 22.1 Å². The first-order valence-electron chi connectivity index (χ1n) is 5.38. The molecule has 5 nitrogen and oxygen atoms in total. The highest BCUT2D eigenvalue weighted by molar-refractivity contribution is 9.10. The summed E-state index contributed by atoms with van der Waals surface area (Å²) in [6, 6.07) is 3.50. The fourth-order valence-electron chi connectivity index (χ4n) is 1.54. The Labute approximate surface area is 114 Å². The average Bonchev–Trinajstić information content (AvgIpc) is 2.51. The van der Waals surface area contributed by atoms with E-state index in [1.165, 1.54) is 0 Å². The van der Waals surface area contributed by atoms with Gasteiger partial charge in [0.2, 0.25) is 0 Å². The summed E-state index contributed by atoms with van der Waals surface area (Å²) < 4.78 is 38.5. The van der Waals surface area contributed by atoms with Crippen molar-refractivity contribution in [2.75, 3.05) is 19.5 Å². The van der Waals surface area contributed by atoms with E-state index in [9.17, 15) is 8.42 Å². The molecule has 1 heterocycles. The lowest BCUT2D eigenvalue weighted by Crippen LogP contribution is -2.03. The van der Waals surface area contributed by atoms with Gasteiger partial charge in [0.05, 0.1) is 30.5 Å². The molecule has 0 saturated heterocycles. The summed E-state index contributed by atoms with van der Waals surface area (Å²) in [5.74, 6) is 1.25. The quantitative estimate of drug-likeness (QED) is 0.791. The fraction of sp³-hybridized carbons (Fsp3) is 0.455. The first-order chi connectivity index (χ1) is 8.46. The predicted octanol–water partition coefficient (Wildman–Crippen LogP) is 2.09. The minimum absolute atomic E-state index is 0.0198. The van der Waals surface area contributed by atoms with Crippen LogP contribution in [0, 0.1) is 0 Å². The zero-order valence-electron chi connectivity index (χ0n) is 9.81. The first-order valence-corrected chi connectivity index (χ1v) is 7.99. The predicted molar refractivity (Wildman–Crippen MR) is 69.4 cm³/mol. The van der Waals surface area contributed by atoms with Gasteiger partial charge in [-0.15, -0.1) is 0 Å².